The molecule has 0 aromatic heterocycles. The Hall–Kier alpha value is -2.51. The van der Waals surface area contributed by atoms with Crippen molar-refractivity contribution in [3.63, 3.8) is 0 Å². The fraction of sp³-hybridized carbons (Fsp3) is 0.158. The highest BCUT2D eigenvalue weighted by Gasteiger charge is 2.15. The van der Waals surface area contributed by atoms with Crippen LogP contribution in [0.5, 0.6) is 11.5 Å². The van der Waals surface area contributed by atoms with Gasteiger partial charge in [-0.05, 0) is 29.8 Å². The number of carboxylic acids is 1. The predicted molar refractivity (Wildman–Crippen MR) is 106 cm³/mol. The summed E-state index contributed by atoms with van der Waals surface area (Å²) in [5.41, 5.74) is 1.09. The van der Waals surface area contributed by atoms with Gasteiger partial charge < -0.3 is 19.9 Å². The number of ether oxygens (including phenoxy) is 2. The van der Waals surface area contributed by atoms with Gasteiger partial charge in [-0.1, -0.05) is 45.7 Å². The van der Waals surface area contributed by atoms with E-state index in [-0.39, 0.29) is 17.3 Å². The van der Waals surface area contributed by atoms with Gasteiger partial charge in [-0.15, -0.1) is 0 Å². The Kier molecular flexibility index (Phi) is 7.27. The molecule has 2 aromatic rings. The van der Waals surface area contributed by atoms with E-state index in [1.165, 1.54) is 26.2 Å². The molecule has 2 N–H and O–H groups in total. The van der Waals surface area contributed by atoms with Crippen LogP contribution in [0.3, 0.4) is 0 Å². The van der Waals surface area contributed by atoms with Crippen molar-refractivity contribution >= 4 is 45.5 Å². The number of methoxy groups -OCH3 is 1. The van der Waals surface area contributed by atoms with Crippen LogP contribution < -0.4 is 14.8 Å². The number of benzene rings is 2. The van der Waals surface area contributed by atoms with Crippen molar-refractivity contribution in [2.24, 2.45) is 0 Å². The monoisotopic (exact) mass is 453 g/mol. The first-order valence-electron chi connectivity index (χ1n) is 7.78. The van der Waals surface area contributed by atoms with Gasteiger partial charge in [0.05, 0.1) is 12.1 Å². The molecule has 6 nitrogen and oxygen atoms in total. The molecular weight excluding hydrogens is 438 g/mol. The van der Waals surface area contributed by atoms with Crippen molar-refractivity contribution in [3.05, 3.63) is 62.7 Å². The Morgan fingerprint density at radius 3 is 2.59 bits per heavy atom. The number of nitrogens with one attached hydrogen (secondary N) is 1. The van der Waals surface area contributed by atoms with Crippen molar-refractivity contribution in [2.75, 3.05) is 7.11 Å². The first-order chi connectivity index (χ1) is 12.8. The van der Waals surface area contributed by atoms with Crippen molar-refractivity contribution in [3.8, 4) is 11.5 Å². The first kappa shape index (κ1) is 20.8. The van der Waals surface area contributed by atoms with E-state index in [0.717, 1.165) is 10.0 Å². The molecule has 0 atom stereocenters. The number of carbonyl (C=O) groups is 2. The van der Waals surface area contributed by atoms with Gasteiger partial charge in [-0.3, -0.25) is 4.79 Å². The second-order valence-electron chi connectivity index (χ2n) is 5.46. The maximum atomic E-state index is 11.3. The Bertz CT molecular complexity index is 898. The van der Waals surface area contributed by atoms with Gasteiger partial charge in [-0.25, -0.2) is 4.79 Å². The van der Waals surface area contributed by atoms with Crippen molar-refractivity contribution in [1.82, 2.24) is 5.32 Å². The van der Waals surface area contributed by atoms with Crippen molar-refractivity contribution in [2.45, 2.75) is 13.5 Å². The molecule has 8 heteroatoms. The van der Waals surface area contributed by atoms with E-state index in [1.807, 2.05) is 24.3 Å². The van der Waals surface area contributed by atoms with Crippen LogP contribution in [0, 0.1) is 0 Å². The first-order valence-corrected chi connectivity index (χ1v) is 8.95. The molecule has 0 spiro atoms. The second kappa shape index (κ2) is 9.43. The minimum atomic E-state index is -1.27. The lowest BCUT2D eigenvalue weighted by Gasteiger charge is -2.14. The molecule has 0 fully saturated rings. The Morgan fingerprint density at radius 2 is 2.00 bits per heavy atom. The molecule has 1 amide bonds. The van der Waals surface area contributed by atoms with Crippen LogP contribution in [0.1, 0.15) is 18.1 Å². The molecule has 0 aliphatic carbocycles. The van der Waals surface area contributed by atoms with Crippen LogP contribution in [-0.4, -0.2) is 24.1 Å². The smallest absolute Gasteiger partial charge is 0.352 e. The van der Waals surface area contributed by atoms with E-state index in [1.54, 1.807) is 6.07 Å². The summed E-state index contributed by atoms with van der Waals surface area (Å²) in [7, 11) is 1.45. The number of carbonyl (C=O) groups excluding carboxylic acids is 1. The van der Waals surface area contributed by atoms with E-state index < -0.39 is 11.9 Å². The van der Waals surface area contributed by atoms with Crippen LogP contribution in [0.15, 0.2) is 46.6 Å². The molecule has 142 valence electrons. The maximum Gasteiger partial charge on any atom is 0.352 e. The highest BCUT2D eigenvalue weighted by Crippen LogP contribution is 2.37. The van der Waals surface area contributed by atoms with Crippen LogP contribution >= 0.6 is 27.5 Å². The fourth-order valence-electron chi connectivity index (χ4n) is 2.24. The number of hydrogen-bond donors (Lipinski definition) is 2. The molecule has 0 saturated carbocycles. The molecule has 2 aromatic carbocycles. The number of carboxylic acid groups (broad SMARTS) is 1. The van der Waals surface area contributed by atoms with Crippen LogP contribution in [-0.2, 0) is 16.2 Å². The maximum absolute atomic E-state index is 11.3. The SMILES string of the molecule is COc1cc(/C=C(/NC(C)=O)C(=O)O)cc(Cl)c1OCc1ccccc1Br. The lowest BCUT2D eigenvalue weighted by molar-refractivity contribution is -0.134. The zero-order valence-corrected chi connectivity index (χ0v) is 16.9. The normalized spacial score (nSPS) is 11.0. The largest absolute Gasteiger partial charge is 0.493 e. The third-order valence-electron chi connectivity index (χ3n) is 3.43. The lowest BCUT2D eigenvalue weighted by Crippen LogP contribution is -2.24. The molecule has 0 aliphatic rings. The van der Waals surface area contributed by atoms with Gasteiger partial charge in [0.15, 0.2) is 11.5 Å². The Morgan fingerprint density at radius 1 is 1.30 bits per heavy atom. The molecule has 0 aliphatic heterocycles. The number of halogens is 2. The highest BCUT2D eigenvalue weighted by molar-refractivity contribution is 9.10. The molecule has 0 saturated heterocycles. The standard InChI is InChI=1S/C19H17BrClNO5/c1-11(23)22-16(19(24)25)8-12-7-15(21)18(17(9-12)26-2)27-10-13-5-3-4-6-14(13)20/h3-9H,10H2,1-2H3,(H,22,23)(H,24,25)/b16-8+. The number of amides is 1. The molecule has 2 rings (SSSR count). The lowest BCUT2D eigenvalue weighted by atomic mass is 10.1. The molecule has 27 heavy (non-hydrogen) atoms. The van der Waals surface area contributed by atoms with Gasteiger partial charge in [0.2, 0.25) is 5.91 Å². The van der Waals surface area contributed by atoms with Crippen LogP contribution in [0.4, 0.5) is 0 Å². The summed E-state index contributed by atoms with van der Waals surface area (Å²) in [5, 5.41) is 11.7. The average Bonchev–Trinajstić information content (AvgIpc) is 2.60. The van der Waals surface area contributed by atoms with E-state index in [2.05, 4.69) is 21.2 Å². The average molecular weight is 455 g/mol. The number of aliphatic carboxylic acids is 1. The zero-order chi connectivity index (χ0) is 20.0. The highest BCUT2D eigenvalue weighted by atomic mass is 79.9. The molecule has 0 radical (unpaired) electrons. The van der Waals surface area contributed by atoms with E-state index in [9.17, 15) is 14.7 Å². The van der Waals surface area contributed by atoms with Gasteiger partial charge >= 0.3 is 5.97 Å². The summed E-state index contributed by atoms with van der Waals surface area (Å²) in [4.78, 5) is 22.4. The van der Waals surface area contributed by atoms with Gasteiger partial charge in [0.1, 0.15) is 12.3 Å². The van der Waals surface area contributed by atoms with Crippen molar-refractivity contribution < 1.29 is 24.2 Å². The summed E-state index contributed by atoms with van der Waals surface area (Å²) in [6.45, 7) is 1.49. The Balaban J connectivity index is 2.32. The van der Waals surface area contributed by atoms with Gasteiger partial charge in [0.25, 0.3) is 0 Å². The topological polar surface area (TPSA) is 84.9 Å². The fourth-order valence-corrected chi connectivity index (χ4v) is 2.91. The Labute approximate surface area is 169 Å². The van der Waals surface area contributed by atoms with Crippen LogP contribution in [0.2, 0.25) is 5.02 Å². The van der Waals surface area contributed by atoms with E-state index in [0.29, 0.717) is 17.1 Å². The summed E-state index contributed by atoms with van der Waals surface area (Å²) in [6.07, 6.45) is 1.29. The van der Waals surface area contributed by atoms with E-state index >= 15 is 0 Å². The third kappa shape index (κ3) is 5.74. The zero-order valence-electron chi connectivity index (χ0n) is 14.6. The summed E-state index contributed by atoms with van der Waals surface area (Å²) >= 11 is 9.76. The number of hydrogen-bond acceptors (Lipinski definition) is 4. The second-order valence-corrected chi connectivity index (χ2v) is 6.72. The van der Waals surface area contributed by atoms with Gasteiger partial charge in [-0.2, -0.15) is 0 Å². The third-order valence-corrected chi connectivity index (χ3v) is 4.49. The van der Waals surface area contributed by atoms with Gasteiger partial charge in [0, 0.05) is 17.0 Å². The van der Waals surface area contributed by atoms with Crippen molar-refractivity contribution in [1.29, 1.82) is 0 Å². The predicted octanol–water partition coefficient (Wildman–Crippen LogP) is 4.25. The summed E-state index contributed by atoms with van der Waals surface area (Å²) in [6, 6.07) is 10.7. The minimum Gasteiger partial charge on any atom is -0.493 e. The minimum absolute atomic E-state index is 0.250. The molecule has 0 unspecified atom stereocenters. The summed E-state index contributed by atoms with van der Waals surface area (Å²) in [5.74, 6) is -1.08. The summed E-state index contributed by atoms with van der Waals surface area (Å²) < 4.78 is 12.0. The molecule has 0 heterocycles. The quantitative estimate of drug-likeness (QED) is 0.611. The molecular formula is C19H17BrClNO5. The number of rotatable bonds is 7. The molecule has 0 bridgehead atoms. The van der Waals surface area contributed by atoms with Crippen LogP contribution in [0.25, 0.3) is 6.08 Å². The van der Waals surface area contributed by atoms with E-state index in [4.69, 9.17) is 21.1 Å².